The molecule has 0 unspecified atom stereocenters. The lowest BCUT2D eigenvalue weighted by molar-refractivity contribution is -0.116. The first-order valence-electron chi connectivity index (χ1n) is 7.58. The highest BCUT2D eigenvalue weighted by molar-refractivity contribution is 7.16. The van der Waals surface area contributed by atoms with Crippen LogP contribution in [0.25, 0.3) is 0 Å². The molecule has 0 bridgehead atoms. The number of carbonyl (C=O) groups is 2. The van der Waals surface area contributed by atoms with Gasteiger partial charge in [-0.05, 0) is 25.3 Å². The van der Waals surface area contributed by atoms with Crippen LogP contribution in [0.5, 0.6) is 0 Å². The molecule has 4 nitrogen and oxygen atoms in total. The van der Waals surface area contributed by atoms with Gasteiger partial charge < -0.3 is 10.1 Å². The fourth-order valence-corrected chi connectivity index (χ4v) is 3.78. The Labute approximate surface area is 129 Å². The molecule has 0 atom stereocenters. The molecule has 21 heavy (non-hydrogen) atoms. The van der Waals surface area contributed by atoms with Crippen molar-refractivity contribution in [3.63, 3.8) is 0 Å². The number of aryl methyl sites for hydroxylation is 1. The summed E-state index contributed by atoms with van der Waals surface area (Å²) in [5.41, 5.74) is 0.450. The Bertz CT molecular complexity index is 504. The van der Waals surface area contributed by atoms with Crippen molar-refractivity contribution in [1.29, 1.82) is 0 Å². The SMILES string of the molecule is COC(=O)c1cc(C)sc1NC(=O)CCC1CCCCC1. The lowest BCUT2D eigenvalue weighted by atomic mass is 9.86. The maximum atomic E-state index is 12.1. The molecule has 1 aliphatic carbocycles. The van der Waals surface area contributed by atoms with E-state index >= 15 is 0 Å². The average Bonchev–Trinajstić information content (AvgIpc) is 2.86. The molecular weight excluding hydrogens is 286 g/mol. The first-order valence-corrected chi connectivity index (χ1v) is 8.40. The van der Waals surface area contributed by atoms with Crippen molar-refractivity contribution >= 4 is 28.2 Å². The zero-order valence-corrected chi connectivity index (χ0v) is 13.6. The predicted octanol–water partition coefficient (Wildman–Crippen LogP) is 4.14. The number of anilines is 1. The van der Waals surface area contributed by atoms with E-state index in [2.05, 4.69) is 5.32 Å². The van der Waals surface area contributed by atoms with Gasteiger partial charge in [0.1, 0.15) is 5.00 Å². The summed E-state index contributed by atoms with van der Waals surface area (Å²) in [5.74, 6) is 0.282. The Hall–Kier alpha value is -1.36. The summed E-state index contributed by atoms with van der Waals surface area (Å²) in [6.45, 7) is 1.91. The van der Waals surface area contributed by atoms with Gasteiger partial charge >= 0.3 is 5.97 Å². The van der Waals surface area contributed by atoms with E-state index in [0.717, 1.165) is 11.3 Å². The highest BCUT2D eigenvalue weighted by Crippen LogP contribution is 2.30. The molecular formula is C16H23NO3S. The second-order valence-corrected chi connectivity index (χ2v) is 6.94. The van der Waals surface area contributed by atoms with Crippen LogP contribution in [0, 0.1) is 12.8 Å². The molecule has 0 radical (unpaired) electrons. The molecule has 1 heterocycles. The summed E-state index contributed by atoms with van der Waals surface area (Å²) >= 11 is 1.42. The number of ether oxygens (including phenoxy) is 1. The lowest BCUT2D eigenvalue weighted by Crippen LogP contribution is -2.15. The topological polar surface area (TPSA) is 55.4 Å². The lowest BCUT2D eigenvalue weighted by Gasteiger charge is -2.20. The molecule has 0 aliphatic heterocycles. The van der Waals surface area contributed by atoms with Crippen LogP contribution < -0.4 is 5.32 Å². The Morgan fingerprint density at radius 3 is 2.71 bits per heavy atom. The molecule has 1 amide bonds. The van der Waals surface area contributed by atoms with E-state index in [4.69, 9.17) is 4.74 Å². The number of methoxy groups -OCH3 is 1. The molecule has 0 spiro atoms. The van der Waals surface area contributed by atoms with Crippen molar-refractivity contribution in [3.05, 3.63) is 16.5 Å². The van der Waals surface area contributed by atoms with Crippen LogP contribution >= 0.6 is 11.3 Å². The molecule has 5 heteroatoms. The number of hydrogen-bond acceptors (Lipinski definition) is 4. The van der Waals surface area contributed by atoms with Crippen LogP contribution in [0.4, 0.5) is 5.00 Å². The maximum absolute atomic E-state index is 12.1. The third-order valence-corrected chi connectivity index (χ3v) is 4.98. The molecule has 2 rings (SSSR count). The molecule has 1 aliphatic rings. The van der Waals surface area contributed by atoms with E-state index in [1.165, 1.54) is 50.6 Å². The fourth-order valence-electron chi connectivity index (χ4n) is 2.87. The number of amides is 1. The van der Waals surface area contributed by atoms with E-state index < -0.39 is 5.97 Å². The van der Waals surface area contributed by atoms with Crippen molar-refractivity contribution in [2.24, 2.45) is 5.92 Å². The van der Waals surface area contributed by atoms with Gasteiger partial charge in [0.25, 0.3) is 0 Å². The Balaban J connectivity index is 1.88. The highest BCUT2D eigenvalue weighted by Gasteiger charge is 2.19. The van der Waals surface area contributed by atoms with Crippen molar-refractivity contribution < 1.29 is 14.3 Å². The highest BCUT2D eigenvalue weighted by atomic mass is 32.1. The summed E-state index contributed by atoms with van der Waals surface area (Å²) in [6.07, 6.45) is 7.90. The number of esters is 1. The van der Waals surface area contributed by atoms with Gasteiger partial charge in [-0.1, -0.05) is 32.1 Å². The van der Waals surface area contributed by atoms with E-state index in [-0.39, 0.29) is 5.91 Å². The van der Waals surface area contributed by atoms with Crippen LogP contribution in [-0.2, 0) is 9.53 Å². The number of hydrogen-bond donors (Lipinski definition) is 1. The van der Waals surface area contributed by atoms with Gasteiger partial charge in [-0.2, -0.15) is 0 Å². The van der Waals surface area contributed by atoms with Gasteiger partial charge in [0.2, 0.25) is 5.91 Å². The molecule has 0 saturated heterocycles. The minimum absolute atomic E-state index is 0.00687. The van der Waals surface area contributed by atoms with Crippen molar-refractivity contribution in [3.8, 4) is 0 Å². The molecule has 1 N–H and O–H groups in total. The standard InChI is InChI=1S/C16H23NO3S/c1-11-10-13(16(19)20-2)15(21-11)17-14(18)9-8-12-6-4-3-5-7-12/h10,12H,3-9H2,1-2H3,(H,17,18). The quantitative estimate of drug-likeness (QED) is 0.832. The number of carbonyl (C=O) groups excluding carboxylic acids is 2. The third-order valence-electron chi connectivity index (χ3n) is 4.02. The molecule has 1 saturated carbocycles. The number of nitrogens with one attached hydrogen (secondary N) is 1. The zero-order chi connectivity index (χ0) is 15.2. The second kappa shape index (κ2) is 7.59. The van der Waals surface area contributed by atoms with Gasteiger partial charge in [0, 0.05) is 11.3 Å². The van der Waals surface area contributed by atoms with Crippen LogP contribution in [0.15, 0.2) is 6.07 Å². The van der Waals surface area contributed by atoms with Gasteiger partial charge in [0.15, 0.2) is 0 Å². The van der Waals surface area contributed by atoms with Crippen LogP contribution in [-0.4, -0.2) is 19.0 Å². The van der Waals surface area contributed by atoms with Crippen molar-refractivity contribution in [2.75, 3.05) is 12.4 Å². The summed E-state index contributed by atoms with van der Waals surface area (Å²) in [5, 5.41) is 3.47. The van der Waals surface area contributed by atoms with E-state index in [1.807, 2.05) is 6.92 Å². The first-order chi connectivity index (χ1) is 10.1. The van der Waals surface area contributed by atoms with E-state index in [1.54, 1.807) is 6.07 Å². The summed E-state index contributed by atoms with van der Waals surface area (Å²) in [7, 11) is 1.35. The minimum atomic E-state index is -0.401. The predicted molar refractivity (Wildman–Crippen MR) is 84.8 cm³/mol. The first kappa shape index (κ1) is 16.0. The van der Waals surface area contributed by atoms with Crippen LogP contribution in [0.1, 0.15) is 60.2 Å². The Morgan fingerprint density at radius 1 is 1.33 bits per heavy atom. The minimum Gasteiger partial charge on any atom is -0.465 e. The molecule has 1 aromatic rings. The van der Waals surface area contributed by atoms with Crippen molar-refractivity contribution in [2.45, 2.75) is 51.9 Å². The zero-order valence-electron chi connectivity index (χ0n) is 12.7. The average molecular weight is 309 g/mol. The van der Waals surface area contributed by atoms with Crippen molar-refractivity contribution in [1.82, 2.24) is 0 Å². The fraction of sp³-hybridized carbons (Fsp3) is 0.625. The van der Waals surface area contributed by atoms with E-state index in [0.29, 0.717) is 22.9 Å². The molecule has 116 valence electrons. The summed E-state index contributed by atoms with van der Waals surface area (Å²) in [4.78, 5) is 24.7. The monoisotopic (exact) mass is 309 g/mol. The van der Waals surface area contributed by atoms with Gasteiger partial charge in [-0.15, -0.1) is 11.3 Å². The normalized spacial score (nSPS) is 15.7. The van der Waals surface area contributed by atoms with Gasteiger partial charge in [-0.3, -0.25) is 4.79 Å². The Kier molecular flexibility index (Phi) is 5.79. The molecule has 1 aromatic heterocycles. The Morgan fingerprint density at radius 2 is 2.05 bits per heavy atom. The van der Waals surface area contributed by atoms with E-state index in [9.17, 15) is 9.59 Å². The number of thiophene rings is 1. The number of rotatable bonds is 5. The second-order valence-electron chi connectivity index (χ2n) is 5.68. The smallest absolute Gasteiger partial charge is 0.340 e. The van der Waals surface area contributed by atoms with Gasteiger partial charge in [-0.25, -0.2) is 4.79 Å². The van der Waals surface area contributed by atoms with Crippen LogP contribution in [0.3, 0.4) is 0 Å². The molecule has 1 fully saturated rings. The third kappa shape index (κ3) is 4.56. The molecule has 0 aromatic carbocycles. The largest absolute Gasteiger partial charge is 0.465 e. The summed E-state index contributed by atoms with van der Waals surface area (Å²) < 4.78 is 4.74. The maximum Gasteiger partial charge on any atom is 0.340 e. The van der Waals surface area contributed by atoms with Gasteiger partial charge in [0.05, 0.1) is 12.7 Å². The van der Waals surface area contributed by atoms with Crippen LogP contribution in [0.2, 0.25) is 0 Å². The summed E-state index contributed by atoms with van der Waals surface area (Å²) in [6, 6.07) is 1.76.